The largest absolute Gasteiger partial charge is 0.492 e. The number of nitrogens with one attached hydrogen (secondary N) is 2. The molecule has 0 aromatic heterocycles. The third-order valence-electron chi connectivity index (χ3n) is 2.96. The van der Waals surface area contributed by atoms with Crippen molar-refractivity contribution in [3.63, 3.8) is 0 Å². The van der Waals surface area contributed by atoms with Crippen molar-refractivity contribution in [3.05, 3.63) is 30.3 Å². The van der Waals surface area contributed by atoms with Crippen LogP contribution in [0.3, 0.4) is 0 Å². The summed E-state index contributed by atoms with van der Waals surface area (Å²) in [7, 11) is 3.27. The molecule has 0 radical (unpaired) electrons. The number of amides is 3. The SMILES string of the molecule is CNC(=O)NC(=O)[C@@H](C)N(C)CCOc1ccccc1. The number of likely N-dealkylation sites (N-methyl/N-ethyl adjacent to an activating group) is 1. The lowest BCUT2D eigenvalue weighted by Crippen LogP contribution is -2.48. The number of carbonyl (C=O) groups is 2. The predicted molar refractivity (Wildman–Crippen MR) is 76.6 cm³/mol. The van der Waals surface area contributed by atoms with Gasteiger partial charge in [0, 0.05) is 13.6 Å². The fourth-order valence-corrected chi connectivity index (χ4v) is 1.50. The molecule has 1 aromatic carbocycles. The molecule has 0 bridgehead atoms. The molecule has 3 amide bonds. The highest BCUT2D eigenvalue weighted by Crippen LogP contribution is 2.08. The van der Waals surface area contributed by atoms with Gasteiger partial charge in [0.2, 0.25) is 5.91 Å². The van der Waals surface area contributed by atoms with E-state index in [1.807, 2.05) is 42.3 Å². The zero-order chi connectivity index (χ0) is 15.0. The summed E-state index contributed by atoms with van der Waals surface area (Å²) in [6, 6.07) is 8.56. The molecule has 1 rings (SSSR count). The van der Waals surface area contributed by atoms with Crippen molar-refractivity contribution in [1.29, 1.82) is 0 Å². The molecule has 0 aliphatic heterocycles. The third kappa shape index (κ3) is 5.27. The van der Waals surface area contributed by atoms with Crippen LogP contribution in [-0.4, -0.2) is 50.1 Å². The standard InChI is InChI=1S/C14H21N3O3/c1-11(13(18)16-14(19)15-2)17(3)9-10-20-12-7-5-4-6-8-12/h4-8,11H,9-10H2,1-3H3,(H2,15,16,18,19)/t11-/m1/s1. The molecule has 0 saturated carbocycles. The highest BCUT2D eigenvalue weighted by atomic mass is 16.5. The van der Waals surface area contributed by atoms with Gasteiger partial charge < -0.3 is 10.1 Å². The van der Waals surface area contributed by atoms with Crippen molar-refractivity contribution in [2.24, 2.45) is 0 Å². The second-order valence-electron chi connectivity index (χ2n) is 4.39. The van der Waals surface area contributed by atoms with E-state index in [1.165, 1.54) is 7.05 Å². The van der Waals surface area contributed by atoms with Crippen molar-refractivity contribution < 1.29 is 14.3 Å². The Hall–Kier alpha value is -2.08. The minimum Gasteiger partial charge on any atom is -0.492 e. The second-order valence-corrected chi connectivity index (χ2v) is 4.39. The maximum atomic E-state index is 11.7. The van der Waals surface area contributed by atoms with E-state index in [0.29, 0.717) is 13.2 Å². The minimum absolute atomic E-state index is 0.341. The summed E-state index contributed by atoms with van der Waals surface area (Å²) in [4.78, 5) is 24.6. The molecule has 20 heavy (non-hydrogen) atoms. The Kier molecular flexibility index (Phi) is 6.52. The number of urea groups is 1. The normalized spacial score (nSPS) is 11.8. The molecule has 0 unspecified atom stereocenters. The minimum atomic E-state index is -0.504. The van der Waals surface area contributed by atoms with Gasteiger partial charge in [0.25, 0.3) is 0 Å². The molecule has 0 aliphatic rings. The predicted octanol–water partition coefficient (Wildman–Crippen LogP) is 0.841. The first-order valence-corrected chi connectivity index (χ1v) is 6.45. The quantitative estimate of drug-likeness (QED) is 0.809. The summed E-state index contributed by atoms with van der Waals surface area (Å²) < 4.78 is 5.56. The van der Waals surface area contributed by atoms with E-state index in [-0.39, 0.29) is 5.91 Å². The van der Waals surface area contributed by atoms with Crippen molar-refractivity contribution in [1.82, 2.24) is 15.5 Å². The molecule has 110 valence electrons. The monoisotopic (exact) mass is 279 g/mol. The van der Waals surface area contributed by atoms with Crippen LogP contribution < -0.4 is 15.4 Å². The van der Waals surface area contributed by atoms with Gasteiger partial charge in [0.1, 0.15) is 12.4 Å². The van der Waals surface area contributed by atoms with E-state index in [9.17, 15) is 9.59 Å². The number of benzene rings is 1. The van der Waals surface area contributed by atoms with Gasteiger partial charge in [-0.25, -0.2) is 4.79 Å². The third-order valence-corrected chi connectivity index (χ3v) is 2.96. The number of ether oxygens (including phenoxy) is 1. The first-order valence-electron chi connectivity index (χ1n) is 6.45. The Bertz CT molecular complexity index is 437. The number of nitrogens with zero attached hydrogens (tertiary/aromatic N) is 1. The summed E-state index contributed by atoms with van der Waals surface area (Å²) >= 11 is 0. The summed E-state index contributed by atoms with van der Waals surface area (Å²) in [6.45, 7) is 2.79. The molecular weight excluding hydrogens is 258 g/mol. The molecule has 0 heterocycles. The fraction of sp³-hybridized carbons (Fsp3) is 0.429. The van der Waals surface area contributed by atoms with E-state index < -0.39 is 12.1 Å². The number of imide groups is 1. The Morgan fingerprint density at radius 3 is 2.55 bits per heavy atom. The van der Waals surface area contributed by atoms with Crippen LogP contribution >= 0.6 is 0 Å². The van der Waals surface area contributed by atoms with Crippen LogP contribution in [-0.2, 0) is 4.79 Å². The van der Waals surface area contributed by atoms with Crippen LogP contribution in [0.15, 0.2) is 30.3 Å². The zero-order valence-corrected chi connectivity index (χ0v) is 12.1. The summed E-state index contributed by atoms with van der Waals surface area (Å²) in [5.74, 6) is 0.454. The molecule has 1 aromatic rings. The van der Waals surface area contributed by atoms with Crippen molar-refractivity contribution in [2.45, 2.75) is 13.0 Å². The molecule has 0 fully saturated rings. The molecule has 0 saturated heterocycles. The molecule has 0 spiro atoms. The Morgan fingerprint density at radius 1 is 1.30 bits per heavy atom. The van der Waals surface area contributed by atoms with Gasteiger partial charge in [-0.15, -0.1) is 0 Å². The molecule has 0 aliphatic carbocycles. The number of para-hydroxylation sites is 1. The lowest BCUT2D eigenvalue weighted by Gasteiger charge is -2.23. The van der Waals surface area contributed by atoms with Crippen LogP contribution in [0.5, 0.6) is 5.75 Å². The van der Waals surface area contributed by atoms with Crippen LogP contribution in [0, 0.1) is 0 Å². The van der Waals surface area contributed by atoms with E-state index in [2.05, 4.69) is 10.6 Å². The maximum absolute atomic E-state index is 11.7. The first-order chi connectivity index (χ1) is 9.54. The van der Waals surface area contributed by atoms with Gasteiger partial charge in [0.05, 0.1) is 6.04 Å². The smallest absolute Gasteiger partial charge is 0.321 e. The van der Waals surface area contributed by atoms with Crippen LogP contribution in [0.25, 0.3) is 0 Å². The molecular formula is C14H21N3O3. The number of rotatable bonds is 6. The van der Waals surface area contributed by atoms with Gasteiger partial charge in [-0.2, -0.15) is 0 Å². The van der Waals surface area contributed by atoms with Crippen LogP contribution in [0.4, 0.5) is 4.79 Å². The van der Waals surface area contributed by atoms with E-state index in [1.54, 1.807) is 6.92 Å². The highest BCUT2D eigenvalue weighted by Gasteiger charge is 2.19. The fourth-order valence-electron chi connectivity index (χ4n) is 1.50. The van der Waals surface area contributed by atoms with Crippen molar-refractivity contribution in [3.8, 4) is 5.75 Å². The molecule has 1 atom stereocenters. The van der Waals surface area contributed by atoms with Crippen molar-refractivity contribution in [2.75, 3.05) is 27.2 Å². The van der Waals surface area contributed by atoms with Gasteiger partial charge >= 0.3 is 6.03 Å². The van der Waals surface area contributed by atoms with Gasteiger partial charge in [-0.1, -0.05) is 18.2 Å². The van der Waals surface area contributed by atoms with Crippen molar-refractivity contribution >= 4 is 11.9 Å². The summed E-state index contributed by atoms with van der Waals surface area (Å²) in [5, 5.41) is 4.59. The van der Waals surface area contributed by atoms with E-state index >= 15 is 0 Å². The number of carbonyl (C=O) groups excluding carboxylic acids is 2. The van der Waals surface area contributed by atoms with Gasteiger partial charge in [-0.3, -0.25) is 15.0 Å². The summed E-state index contributed by atoms with van der Waals surface area (Å²) in [6.07, 6.45) is 0. The zero-order valence-electron chi connectivity index (χ0n) is 12.1. The highest BCUT2D eigenvalue weighted by molar-refractivity contribution is 5.96. The molecule has 6 heteroatoms. The van der Waals surface area contributed by atoms with Gasteiger partial charge in [-0.05, 0) is 26.1 Å². The Balaban J connectivity index is 2.32. The van der Waals surface area contributed by atoms with Crippen LogP contribution in [0.2, 0.25) is 0 Å². The second kappa shape index (κ2) is 8.16. The molecule has 2 N–H and O–H groups in total. The first kappa shape index (κ1) is 16.0. The Morgan fingerprint density at radius 2 is 1.95 bits per heavy atom. The van der Waals surface area contributed by atoms with Gasteiger partial charge in [0.15, 0.2) is 0 Å². The average molecular weight is 279 g/mol. The Labute approximate surface area is 119 Å². The number of hydrogen-bond acceptors (Lipinski definition) is 4. The maximum Gasteiger partial charge on any atom is 0.321 e. The van der Waals surface area contributed by atoms with E-state index in [0.717, 1.165) is 5.75 Å². The summed E-state index contributed by atoms with van der Waals surface area (Å²) in [5.41, 5.74) is 0. The lowest BCUT2D eigenvalue weighted by atomic mass is 10.3. The lowest BCUT2D eigenvalue weighted by molar-refractivity contribution is -0.124. The number of hydrogen-bond donors (Lipinski definition) is 2. The molecule has 6 nitrogen and oxygen atoms in total. The average Bonchev–Trinajstić information content (AvgIpc) is 2.47. The van der Waals surface area contributed by atoms with Crippen LogP contribution in [0.1, 0.15) is 6.92 Å². The topological polar surface area (TPSA) is 70.7 Å². The van der Waals surface area contributed by atoms with E-state index in [4.69, 9.17) is 4.74 Å².